The van der Waals surface area contributed by atoms with E-state index in [-0.39, 0.29) is 32.4 Å². The molecule has 6 heteroatoms. The molecule has 1 aliphatic carbocycles. The van der Waals surface area contributed by atoms with E-state index >= 15 is 0 Å². The molecule has 1 saturated carbocycles. The van der Waals surface area contributed by atoms with Crippen LogP contribution in [-0.2, 0) is 19.1 Å². The molecule has 0 amide bonds. The summed E-state index contributed by atoms with van der Waals surface area (Å²) in [7, 11) is 0. The zero-order valence-electron chi connectivity index (χ0n) is 12.3. The Morgan fingerprint density at radius 3 is 2.20 bits per heavy atom. The number of hydrogen-bond acceptors (Lipinski definition) is 6. The first-order chi connectivity index (χ1) is 9.31. The molecule has 0 saturated heterocycles. The highest BCUT2D eigenvalue weighted by atomic mass is 16.5. The molecule has 1 aliphatic rings. The third kappa shape index (κ3) is 2.96. The molecule has 1 rings (SSSR count). The Bertz CT molecular complexity index is 365. The highest BCUT2D eigenvalue weighted by Crippen LogP contribution is 2.56. The molecule has 0 aromatic carbocycles. The Balaban J connectivity index is 2.82. The third-order valence-electron chi connectivity index (χ3n) is 4.62. The van der Waals surface area contributed by atoms with Crippen molar-refractivity contribution in [2.24, 2.45) is 16.7 Å². The normalized spacial score (nSPS) is 28.1. The van der Waals surface area contributed by atoms with E-state index in [2.05, 4.69) is 0 Å². The standard InChI is InChI=1S/C14H24O6/c1-13(2)10(11(17)19-8-6-15)4-5-14(13,3)12(18)20-9-7-16/h10,15-16H,4-9H2,1-3H3. The number of aliphatic hydroxyl groups is 2. The van der Waals surface area contributed by atoms with Crippen LogP contribution in [-0.4, -0.2) is 48.6 Å². The second-order valence-corrected chi connectivity index (χ2v) is 5.90. The maximum atomic E-state index is 12.2. The highest BCUT2D eigenvalue weighted by molar-refractivity contribution is 5.82. The second kappa shape index (κ2) is 6.54. The summed E-state index contributed by atoms with van der Waals surface area (Å²) in [6.07, 6.45) is 1.07. The fourth-order valence-electron chi connectivity index (χ4n) is 2.82. The van der Waals surface area contributed by atoms with Gasteiger partial charge in [-0.2, -0.15) is 0 Å². The lowest BCUT2D eigenvalue weighted by Crippen LogP contribution is -2.44. The van der Waals surface area contributed by atoms with Crippen LogP contribution in [0.2, 0.25) is 0 Å². The molecule has 0 radical (unpaired) electrons. The smallest absolute Gasteiger partial charge is 0.312 e. The van der Waals surface area contributed by atoms with Crippen molar-refractivity contribution >= 4 is 11.9 Å². The maximum absolute atomic E-state index is 12.2. The Morgan fingerprint density at radius 1 is 1.10 bits per heavy atom. The molecule has 0 spiro atoms. The van der Waals surface area contributed by atoms with Gasteiger partial charge in [-0.15, -0.1) is 0 Å². The van der Waals surface area contributed by atoms with Gasteiger partial charge in [-0.3, -0.25) is 9.59 Å². The lowest BCUT2D eigenvalue weighted by atomic mass is 9.65. The monoisotopic (exact) mass is 288 g/mol. The molecular formula is C14H24O6. The van der Waals surface area contributed by atoms with Gasteiger partial charge in [-0.05, 0) is 25.2 Å². The molecule has 2 atom stereocenters. The van der Waals surface area contributed by atoms with Crippen LogP contribution < -0.4 is 0 Å². The Kier molecular flexibility index (Phi) is 5.53. The first-order valence-corrected chi connectivity index (χ1v) is 6.87. The fraction of sp³-hybridized carbons (Fsp3) is 0.857. The van der Waals surface area contributed by atoms with Gasteiger partial charge in [0.15, 0.2) is 0 Å². The summed E-state index contributed by atoms with van der Waals surface area (Å²) in [4.78, 5) is 24.2. The molecule has 0 bridgehead atoms. The van der Waals surface area contributed by atoms with Crippen molar-refractivity contribution in [1.82, 2.24) is 0 Å². The van der Waals surface area contributed by atoms with E-state index in [4.69, 9.17) is 19.7 Å². The number of rotatable bonds is 6. The highest BCUT2D eigenvalue weighted by Gasteiger charge is 2.59. The third-order valence-corrected chi connectivity index (χ3v) is 4.62. The molecular weight excluding hydrogens is 264 g/mol. The van der Waals surface area contributed by atoms with Gasteiger partial charge in [-0.25, -0.2) is 0 Å². The topological polar surface area (TPSA) is 93.1 Å². The number of aliphatic hydroxyl groups excluding tert-OH is 2. The maximum Gasteiger partial charge on any atom is 0.312 e. The van der Waals surface area contributed by atoms with Crippen LogP contribution >= 0.6 is 0 Å². The van der Waals surface area contributed by atoms with E-state index in [0.717, 1.165) is 0 Å². The van der Waals surface area contributed by atoms with Crippen molar-refractivity contribution in [2.45, 2.75) is 33.6 Å². The molecule has 1 fully saturated rings. The molecule has 0 aromatic rings. The van der Waals surface area contributed by atoms with E-state index in [1.54, 1.807) is 6.92 Å². The number of hydrogen-bond donors (Lipinski definition) is 2. The van der Waals surface area contributed by atoms with Gasteiger partial charge in [0.25, 0.3) is 0 Å². The average Bonchev–Trinajstić information content (AvgIpc) is 2.65. The molecule has 2 unspecified atom stereocenters. The summed E-state index contributed by atoms with van der Waals surface area (Å²) in [6.45, 7) is 4.99. The van der Waals surface area contributed by atoms with Crippen LogP contribution in [0.1, 0.15) is 33.6 Å². The van der Waals surface area contributed by atoms with Gasteiger partial charge < -0.3 is 19.7 Å². The lowest BCUT2D eigenvalue weighted by Gasteiger charge is -2.38. The van der Waals surface area contributed by atoms with Crippen LogP contribution in [0.15, 0.2) is 0 Å². The summed E-state index contributed by atoms with van der Waals surface area (Å²) < 4.78 is 10.0. The van der Waals surface area contributed by atoms with Crippen molar-refractivity contribution < 1.29 is 29.3 Å². The number of ether oxygens (including phenoxy) is 2. The minimum atomic E-state index is -0.787. The predicted molar refractivity (Wildman–Crippen MR) is 70.7 cm³/mol. The zero-order valence-corrected chi connectivity index (χ0v) is 12.3. The molecule has 2 N–H and O–H groups in total. The molecule has 0 aliphatic heterocycles. The SMILES string of the molecule is CC1(C(=O)OCCO)CCC(C(=O)OCCO)C1(C)C. The van der Waals surface area contributed by atoms with Gasteiger partial charge in [0.2, 0.25) is 0 Å². The Hall–Kier alpha value is -1.14. The van der Waals surface area contributed by atoms with Crippen molar-refractivity contribution in [3.8, 4) is 0 Å². The van der Waals surface area contributed by atoms with E-state index < -0.39 is 22.7 Å². The van der Waals surface area contributed by atoms with Crippen molar-refractivity contribution in [2.75, 3.05) is 26.4 Å². The summed E-state index contributed by atoms with van der Waals surface area (Å²) in [6, 6.07) is 0. The molecule has 20 heavy (non-hydrogen) atoms. The molecule has 116 valence electrons. The second-order valence-electron chi connectivity index (χ2n) is 5.90. The van der Waals surface area contributed by atoms with Crippen molar-refractivity contribution in [3.63, 3.8) is 0 Å². The van der Waals surface area contributed by atoms with Crippen LogP contribution in [0.25, 0.3) is 0 Å². The molecule has 6 nitrogen and oxygen atoms in total. The fourth-order valence-corrected chi connectivity index (χ4v) is 2.82. The van der Waals surface area contributed by atoms with Gasteiger partial charge >= 0.3 is 11.9 Å². The van der Waals surface area contributed by atoms with Gasteiger partial charge in [-0.1, -0.05) is 13.8 Å². The zero-order chi connectivity index (χ0) is 15.4. The average molecular weight is 288 g/mol. The summed E-state index contributed by atoms with van der Waals surface area (Å²) in [5, 5.41) is 17.4. The van der Waals surface area contributed by atoms with Crippen LogP contribution in [0.3, 0.4) is 0 Å². The predicted octanol–water partition coefficient (Wildman–Crippen LogP) is 0.500. The number of carbonyl (C=O) groups is 2. The van der Waals surface area contributed by atoms with E-state index in [9.17, 15) is 9.59 Å². The number of carbonyl (C=O) groups excluding carboxylic acids is 2. The first-order valence-electron chi connectivity index (χ1n) is 6.87. The Labute approximate surface area is 119 Å². The van der Waals surface area contributed by atoms with E-state index in [1.807, 2.05) is 13.8 Å². The number of esters is 2. The van der Waals surface area contributed by atoms with Crippen molar-refractivity contribution in [1.29, 1.82) is 0 Å². The van der Waals surface area contributed by atoms with Crippen molar-refractivity contribution in [3.05, 3.63) is 0 Å². The van der Waals surface area contributed by atoms with Crippen LogP contribution in [0.5, 0.6) is 0 Å². The van der Waals surface area contributed by atoms with Gasteiger partial charge in [0, 0.05) is 0 Å². The molecule has 0 heterocycles. The minimum absolute atomic E-state index is 0.0307. The summed E-state index contributed by atoms with van der Waals surface area (Å²) in [5.74, 6) is -1.18. The molecule has 0 aromatic heterocycles. The largest absolute Gasteiger partial charge is 0.463 e. The van der Waals surface area contributed by atoms with E-state index in [1.165, 1.54) is 0 Å². The van der Waals surface area contributed by atoms with Crippen LogP contribution in [0, 0.1) is 16.7 Å². The summed E-state index contributed by atoms with van der Waals surface area (Å²) in [5.41, 5.74) is -1.39. The lowest BCUT2D eigenvalue weighted by molar-refractivity contribution is -0.166. The van der Waals surface area contributed by atoms with Gasteiger partial charge in [0.1, 0.15) is 13.2 Å². The Morgan fingerprint density at radius 2 is 1.65 bits per heavy atom. The summed E-state index contributed by atoms with van der Waals surface area (Å²) >= 11 is 0. The van der Waals surface area contributed by atoms with E-state index in [0.29, 0.717) is 12.8 Å². The quantitative estimate of drug-likeness (QED) is 0.691. The van der Waals surface area contributed by atoms with Crippen LogP contribution in [0.4, 0.5) is 0 Å². The first kappa shape index (κ1) is 16.9. The minimum Gasteiger partial charge on any atom is -0.463 e. The van der Waals surface area contributed by atoms with Gasteiger partial charge in [0.05, 0.1) is 24.5 Å².